The molecule has 2 heterocycles. The van der Waals surface area contributed by atoms with Gasteiger partial charge in [0.05, 0.1) is 12.4 Å². The summed E-state index contributed by atoms with van der Waals surface area (Å²) < 4.78 is 4.84. The molecule has 0 saturated carbocycles. The third-order valence-corrected chi connectivity index (χ3v) is 4.30. The Balaban J connectivity index is 2.06. The molecule has 7 heteroatoms. The van der Waals surface area contributed by atoms with E-state index < -0.39 is 0 Å². The van der Waals surface area contributed by atoms with Crippen LogP contribution >= 0.6 is 23.1 Å². The monoisotopic (exact) mass is 310 g/mol. The molecule has 0 atom stereocenters. The fourth-order valence-corrected chi connectivity index (χ4v) is 2.96. The molecular weight excluding hydrogens is 296 g/mol. The molecule has 1 aliphatic heterocycles. The van der Waals surface area contributed by atoms with Gasteiger partial charge in [-0.3, -0.25) is 14.5 Å². The predicted octanol–water partition coefficient (Wildman–Crippen LogP) is 2.21. The summed E-state index contributed by atoms with van der Waals surface area (Å²) in [5.74, 6) is -0.321. The Morgan fingerprint density at radius 2 is 2.40 bits per heavy atom. The quantitative estimate of drug-likeness (QED) is 0.632. The highest BCUT2D eigenvalue weighted by atomic mass is 32.2. The maximum absolute atomic E-state index is 12.0. The molecule has 5 nitrogen and oxygen atoms in total. The van der Waals surface area contributed by atoms with Crippen LogP contribution in [0, 0.1) is 0 Å². The normalized spacial score (nSPS) is 16.7. The molecule has 1 aromatic rings. The zero-order chi connectivity index (χ0) is 14.5. The number of amides is 1. The van der Waals surface area contributed by atoms with E-state index in [0.29, 0.717) is 17.5 Å². The fourth-order valence-electron chi connectivity index (χ4n) is 1.54. The molecule has 0 saturated heterocycles. The number of carbonyl (C=O) groups is 2. The number of hydrogen-bond donors (Lipinski definition) is 0. The molecule has 0 radical (unpaired) electrons. The Kier molecular flexibility index (Phi) is 4.97. The molecule has 2 rings (SSSR count). The topological polar surface area (TPSA) is 59.0 Å². The number of hydrogen-bond acceptors (Lipinski definition) is 6. The molecule has 0 bridgehead atoms. The number of rotatable bonds is 4. The maximum Gasteiger partial charge on any atom is 0.316 e. The van der Waals surface area contributed by atoms with Crippen molar-refractivity contribution in [2.24, 2.45) is 4.99 Å². The molecule has 1 aliphatic rings. The summed E-state index contributed by atoms with van der Waals surface area (Å²) in [7, 11) is 1.65. The number of carbonyl (C=O) groups excluding carboxylic acids is 2. The highest BCUT2D eigenvalue weighted by Gasteiger charge is 2.27. The lowest BCUT2D eigenvalue weighted by Gasteiger charge is -2.10. The number of thioether (sulfide) groups is 1. The first kappa shape index (κ1) is 14.8. The van der Waals surface area contributed by atoms with Crippen LogP contribution in [0.2, 0.25) is 0 Å². The summed E-state index contributed by atoms with van der Waals surface area (Å²) in [4.78, 5) is 30.0. The second-order valence-electron chi connectivity index (χ2n) is 3.90. The van der Waals surface area contributed by atoms with Crippen LogP contribution < -0.4 is 0 Å². The third kappa shape index (κ3) is 3.49. The number of aliphatic imine (C=N–C) groups is 1. The van der Waals surface area contributed by atoms with Crippen LogP contribution in [0.4, 0.5) is 0 Å². The summed E-state index contributed by atoms with van der Waals surface area (Å²) in [5.41, 5.74) is 0.390. The van der Waals surface area contributed by atoms with Gasteiger partial charge in [-0.1, -0.05) is 17.8 Å². The first-order valence-electron chi connectivity index (χ1n) is 6.02. The van der Waals surface area contributed by atoms with E-state index in [9.17, 15) is 9.59 Å². The van der Waals surface area contributed by atoms with Gasteiger partial charge in [-0.05, 0) is 24.4 Å². The summed E-state index contributed by atoms with van der Waals surface area (Å²) in [6.07, 6.45) is 1.75. The Morgan fingerprint density at radius 3 is 3.05 bits per heavy atom. The van der Waals surface area contributed by atoms with Gasteiger partial charge in [0.15, 0.2) is 5.17 Å². The summed E-state index contributed by atoms with van der Waals surface area (Å²) in [6, 6.07) is 3.84. The minimum atomic E-state index is -0.309. The average Bonchev–Trinajstić information content (AvgIpc) is 3.01. The van der Waals surface area contributed by atoms with Crippen molar-refractivity contribution in [3.05, 3.63) is 28.1 Å². The molecule has 0 N–H and O–H groups in total. The zero-order valence-electron chi connectivity index (χ0n) is 11.2. The van der Waals surface area contributed by atoms with Crippen LogP contribution in [-0.4, -0.2) is 41.4 Å². The highest BCUT2D eigenvalue weighted by Crippen LogP contribution is 2.23. The number of ether oxygens (including phenoxy) is 1. The minimum Gasteiger partial charge on any atom is -0.465 e. The summed E-state index contributed by atoms with van der Waals surface area (Å²) in [6.45, 7) is 2.11. The van der Waals surface area contributed by atoms with Crippen LogP contribution in [0.1, 0.15) is 11.8 Å². The average molecular weight is 310 g/mol. The van der Waals surface area contributed by atoms with Gasteiger partial charge in [-0.2, -0.15) is 0 Å². The molecule has 1 amide bonds. The predicted molar refractivity (Wildman–Crippen MR) is 81.6 cm³/mol. The smallest absolute Gasteiger partial charge is 0.316 e. The van der Waals surface area contributed by atoms with E-state index in [-0.39, 0.29) is 17.6 Å². The van der Waals surface area contributed by atoms with Crippen LogP contribution in [0.15, 0.2) is 28.2 Å². The minimum absolute atomic E-state index is 0.149. The zero-order valence-corrected chi connectivity index (χ0v) is 12.8. The second-order valence-corrected chi connectivity index (χ2v) is 5.82. The Labute approximate surface area is 125 Å². The van der Waals surface area contributed by atoms with Gasteiger partial charge in [0.2, 0.25) is 0 Å². The van der Waals surface area contributed by atoms with Crippen molar-refractivity contribution in [1.82, 2.24) is 4.90 Å². The maximum atomic E-state index is 12.0. The lowest BCUT2D eigenvalue weighted by atomic mass is 10.3. The largest absolute Gasteiger partial charge is 0.465 e. The van der Waals surface area contributed by atoms with E-state index >= 15 is 0 Å². The highest BCUT2D eigenvalue weighted by molar-refractivity contribution is 8.14. The molecule has 0 fully saturated rings. The van der Waals surface area contributed by atoms with E-state index in [0.717, 1.165) is 4.88 Å². The Hall–Kier alpha value is -1.60. The first-order valence-corrected chi connectivity index (χ1v) is 7.88. The van der Waals surface area contributed by atoms with E-state index in [1.165, 1.54) is 16.7 Å². The van der Waals surface area contributed by atoms with Gasteiger partial charge in [-0.15, -0.1) is 11.3 Å². The Morgan fingerprint density at radius 1 is 1.60 bits per heavy atom. The van der Waals surface area contributed by atoms with Crippen molar-refractivity contribution in [2.75, 3.05) is 19.4 Å². The molecule has 0 spiro atoms. The van der Waals surface area contributed by atoms with Crippen LogP contribution in [0.5, 0.6) is 0 Å². The van der Waals surface area contributed by atoms with Crippen LogP contribution in [0.3, 0.4) is 0 Å². The molecule has 106 valence electrons. The van der Waals surface area contributed by atoms with E-state index in [4.69, 9.17) is 4.74 Å². The van der Waals surface area contributed by atoms with Crippen molar-refractivity contribution < 1.29 is 14.3 Å². The molecule has 0 aliphatic carbocycles. The van der Waals surface area contributed by atoms with E-state index in [2.05, 4.69) is 4.99 Å². The van der Waals surface area contributed by atoms with Crippen molar-refractivity contribution in [2.45, 2.75) is 6.92 Å². The van der Waals surface area contributed by atoms with Gasteiger partial charge in [0.25, 0.3) is 5.91 Å². The number of likely N-dealkylation sites (N-methyl/N-ethyl adjacent to an activating group) is 1. The SMILES string of the molecule is CCOC(=O)CSC1=N/C(=C\c2cccs2)C(=O)N1C. The van der Waals surface area contributed by atoms with Gasteiger partial charge in [0.1, 0.15) is 5.70 Å². The molecule has 20 heavy (non-hydrogen) atoms. The summed E-state index contributed by atoms with van der Waals surface area (Å²) in [5, 5.41) is 2.46. The van der Waals surface area contributed by atoms with Crippen molar-refractivity contribution in [3.8, 4) is 0 Å². The van der Waals surface area contributed by atoms with Crippen molar-refractivity contribution in [1.29, 1.82) is 0 Å². The Bertz CT molecular complexity index is 564. The van der Waals surface area contributed by atoms with Gasteiger partial charge >= 0.3 is 5.97 Å². The van der Waals surface area contributed by atoms with Gasteiger partial charge in [-0.25, -0.2) is 4.99 Å². The third-order valence-electron chi connectivity index (χ3n) is 2.47. The molecule has 0 aromatic carbocycles. The second kappa shape index (κ2) is 6.71. The van der Waals surface area contributed by atoms with Gasteiger partial charge in [0, 0.05) is 11.9 Å². The lowest BCUT2D eigenvalue weighted by molar-refractivity contribution is -0.139. The first-order chi connectivity index (χ1) is 9.61. The van der Waals surface area contributed by atoms with Crippen LogP contribution in [0.25, 0.3) is 6.08 Å². The van der Waals surface area contributed by atoms with Crippen molar-refractivity contribution in [3.63, 3.8) is 0 Å². The number of amidine groups is 1. The number of esters is 1. The molecule has 1 aromatic heterocycles. The van der Waals surface area contributed by atoms with E-state index in [1.807, 2.05) is 17.5 Å². The van der Waals surface area contributed by atoms with Crippen LogP contribution in [-0.2, 0) is 14.3 Å². The standard InChI is InChI=1S/C13H14N2O3S2/c1-3-18-11(16)8-20-13-14-10(12(17)15(13)2)7-9-5-4-6-19-9/h4-7H,3,8H2,1-2H3/b10-7-. The molecule has 0 unspecified atom stereocenters. The van der Waals surface area contributed by atoms with Gasteiger partial charge < -0.3 is 4.74 Å². The number of thiophene rings is 1. The molecular formula is C13H14N2O3S2. The summed E-state index contributed by atoms with van der Waals surface area (Å²) >= 11 is 2.75. The van der Waals surface area contributed by atoms with E-state index in [1.54, 1.807) is 31.4 Å². The number of nitrogens with zero attached hydrogens (tertiary/aromatic N) is 2. The lowest BCUT2D eigenvalue weighted by Crippen LogP contribution is -2.26. The van der Waals surface area contributed by atoms with Crippen molar-refractivity contribution >= 4 is 46.2 Å². The fraction of sp³-hybridized carbons (Fsp3) is 0.308.